The second-order valence-electron chi connectivity index (χ2n) is 4.36. The molecule has 1 aromatic carbocycles. The Labute approximate surface area is 84.3 Å². The Hall–Kier alpha value is -0.890. The van der Waals surface area contributed by atoms with Gasteiger partial charge in [-0.2, -0.15) is 0 Å². The fourth-order valence-electron chi connectivity index (χ4n) is 2.13. The summed E-state index contributed by atoms with van der Waals surface area (Å²) in [5.74, 6) is 0.574. The monoisotopic (exact) mass is 193 g/mol. The summed E-state index contributed by atoms with van der Waals surface area (Å²) in [5, 5.41) is 3.41. The van der Waals surface area contributed by atoms with Gasteiger partial charge in [-0.1, -0.05) is 13.0 Å². The molecule has 0 aromatic heterocycles. The van der Waals surface area contributed by atoms with Crippen LogP contribution in [0.3, 0.4) is 0 Å². The molecule has 0 spiro atoms. The zero-order chi connectivity index (χ0) is 10.1. The van der Waals surface area contributed by atoms with Gasteiger partial charge in [0.2, 0.25) is 0 Å². The van der Waals surface area contributed by atoms with Gasteiger partial charge in [0.15, 0.2) is 0 Å². The summed E-state index contributed by atoms with van der Waals surface area (Å²) in [7, 11) is 0. The summed E-state index contributed by atoms with van der Waals surface area (Å²) in [4.78, 5) is 0. The number of hydrogen-bond donors (Lipinski definition) is 1. The van der Waals surface area contributed by atoms with Crippen molar-refractivity contribution in [2.45, 2.75) is 26.3 Å². The smallest absolute Gasteiger partial charge is 0.123 e. The highest BCUT2D eigenvalue weighted by Crippen LogP contribution is 2.27. The first-order chi connectivity index (χ1) is 6.65. The molecule has 2 heteroatoms. The summed E-state index contributed by atoms with van der Waals surface area (Å²) in [6, 6.07) is 5.63. The molecule has 1 N–H and O–H groups in total. The van der Waals surface area contributed by atoms with E-state index in [1.807, 2.05) is 6.92 Å². The average Bonchev–Trinajstić information content (AvgIpc) is 2.50. The first kappa shape index (κ1) is 9.66. The predicted octanol–water partition coefficient (Wildman–Crippen LogP) is 2.80. The maximum Gasteiger partial charge on any atom is 0.123 e. The molecule has 14 heavy (non-hydrogen) atoms. The highest BCUT2D eigenvalue weighted by atomic mass is 19.1. The molecule has 0 amide bonds. The van der Waals surface area contributed by atoms with E-state index in [1.54, 1.807) is 12.1 Å². The quantitative estimate of drug-likeness (QED) is 0.723. The molecule has 1 fully saturated rings. The fraction of sp³-hybridized carbons (Fsp3) is 0.500. The number of hydrogen-bond acceptors (Lipinski definition) is 1. The number of nitrogens with one attached hydrogen (secondary N) is 1. The van der Waals surface area contributed by atoms with Crippen molar-refractivity contribution in [2.75, 3.05) is 6.54 Å². The second-order valence-corrected chi connectivity index (χ2v) is 4.36. The first-order valence-electron chi connectivity index (χ1n) is 5.15. The number of rotatable bonds is 1. The molecule has 76 valence electrons. The minimum atomic E-state index is -0.124. The van der Waals surface area contributed by atoms with Crippen LogP contribution in [0.25, 0.3) is 0 Å². The zero-order valence-electron chi connectivity index (χ0n) is 8.68. The lowest BCUT2D eigenvalue weighted by atomic mass is 10.00. The van der Waals surface area contributed by atoms with E-state index in [9.17, 15) is 4.39 Å². The van der Waals surface area contributed by atoms with Gasteiger partial charge in [-0.05, 0) is 49.1 Å². The Morgan fingerprint density at radius 3 is 2.71 bits per heavy atom. The van der Waals surface area contributed by atoms with Gasteiger partial charge in [0, 0.05) is 6.04 Å². The summed E-state index contributed by atoms with van der Waals surface area (Å²) < 4.78 is 13.2. The zero-order valence-corrected chi connectivity index (χ0v) is 8.68. The normalized spacial score (nSPS) is 26.8. The molecule has 0 aliphatic carbocycles. The maximum atomic E-state index is 13.2. The van der Waals surface area contributed by atoms with Gasteiger partial charge in [-0.3, -0.25) is 0 Å². The summed E-state index contributed by atoms with van der Waals surface area (Å²) >= 11 is 0. The average molecular weight is 193 g/mol. The molecule has 0 bridgehead atoms. The molecule has 1 nitrogen and oxygen atoms in total. The largest absolute Gasteiger partial charge is 0.310 e. The summed E-state index contributed by atoms with van der Waals surface area (Å²) in [5.41, 5.74) is 2.09. The van der Waals surface area contributed by atoms with Crippen molar-refractivity contribution in [3.05, 3.63) is 35.1 Å². The van der Waals surface area contributed by atoms with E-state index in [0.29, 0.717) is 12.0 Å². The van der Waals surface area contributed by atoms with Crippen LogP contribution >= 0.6 is 0 Å². The Kier molecular flexibility index (Phi) is 2.55. The third-order valence-corrected chi connectivity index (χ3v) is 2.82. The van der Waals surface area contributed by atoms with E-state index in [2.05, 4.69) is 18.3 Å². The molecule has 2 atom stereocenters. The lowest BCUT2D eigenvalue weighted by molar-refractivity contribution is 0.593. The van der Waals surface area contributed by atoms with Crippen LogP contribution in [0.4, 0.5) is 4.39 Å². The van der Waals surface area contributed by atoms with Crippen LogP contribution in [0.1, 0.15) is 30.5 Å². The van der Waals surface area contributed by atoms with Gasteiger partial charge in [-0.25, -0.2) is 4.39 Å². The molecule has 0 unspecified atom stereocenters. The highest BCUT2D eigenvalue weighted by molar-refractivity contribution is 5.26. The third kappa shape index (κ3) is 1.95. The predicted molar refractivity (Wildman–Crippen MR) is 55.7 cm³/mol. The topological polar surface area (TPSA) is 12.0 Å². The van der Waals surface area contributed by atoms with Crippen LogP contribution in [-0.2, 0) is 0 Å². The van der Waals surface area contributed by atoms with Gasteiger partial charge in [-0.15, -0.1) is 0 Å². The van der Waals surface area contributed by atoms with Crippen molar-refractivity contribution < 1.29 is 4.39 Å². The van der Waals surface area contributed by atoms with Crippen LogP contribution in [0.5, 0.6) is 0 Å². The molecule has 0 saturated carbocycles. The third-order valence-electron chi connectivity index (χ3n) is 2.82. The minimum absolute atomic E-state index is 0.124. The molecule has 1 aromatic rings. The molecule has 1 aliphatic rings. The van der Waals surface area contributed by atoms with E-state index in [-0.39, 0.29) is 5.82 Å². The Bertz CT molecular complexity index is 315. The molecule has 1 aliphatic heterocycles. The van der Waals surface area contributed by atoms with E-state index in [4.69, 9.17) is 0 Å². The van der Waals surface area contributed by atoms with Crippen LogP contribution in [-0.4, -0.2) is 6.54 Å². The Balaban J connectivity index is 2.23. The van der Waals surface area contributed by atoms with E-state index < -0.39 is 0 Å². The van der Waals surface area contributed by atoms with Crippen molar-refractivity contribution in [2.24, 2.45) is 5.92 Å². The minimum Gasteiger partial charge on any atom is -0.310 e. The van der Waals surface area contributed by atoms with Gasteiger partial charge in [0.05, 0.1) is 0 Å². The molecular formula is C12H16FN. The van der Waals surface area contributed by atoms with Gasteiger partial charge >= 0.3 is 0 Å². The van der Waals surface area contributed by atoms with E-state index in [0.717, 1.165) is 24.1 Å². The highest BCUT2D eigenvalue weighted by Gasteiger charge is 2.22. The Morgan fingerprint density at radius 1 is 1.36 bits per heavy atom. The van der Waals surface area contributed by atoms with Crippen molar-refractivity contribution in [3.8, 4) is 0 Å². The van der Waals surface area contributed by atoms with E-state index in [1.165, 1.54) is 0 Å². The van der Waals surface area contributed by atoms with E-state index >= 15 is 0 Å². The fourth-order valence-corrected chi connectivity index (χ4v) is 2.13. The SMILES string of the molecule is Cc1cc(F)cc([C@@H]2C[C@@H](C)CN2)c1. The van der Waals surface area contributed by atoms with Gasteiger partial charge < -0.3 is 5.32 Å². The summed E-state index contributed by atoms with van der Waals surface area (Å²) in [6.45, 7) is 5.20. The van der Waals surface area contributed by atoms with Crippen LogP contribution < -0.4 is 5.32 Å². The van der Waals surface area contributed by atoms with Crippen LogP contribution in [0, 0.1) is 18.7 Å². The number of halogens is 1. The van der Waals surface area contributed by atoms with Gasteiger partial charge in [0.1, 0.15) is 5.82 Å². The molecule has 1 saturated heterocycles. The Morgan fingerprint density at radius 2 is 2.14 bits per heavy atom. The molecule has 1 heterocycles. The number of benzene rings is 1. The molecular weight excluding hydrogens is 177 g/mol. The first-order valence-corrected chi connectivity index (χ1v) is 5.15. The van der Waals surface area contributed by atoms with Crippen molar-refractivity contribution >= 4 is 0 Å². The molecule has 0 radical (unpaired) electrons. The van der Waals surface area contributed by atoms with Crippen molar-refractivity contribution in [1.29, 1.82) is 0 Å². The van der Waals surface area contributed by atoms with Crippen LogP contribution in [0.2, 0.25) is 0 Å². The second kappa shape index (κ2) is 3.70. The maximum absolute atomic E-state index is 13.2. The number of aryl methyl sites for hydroxylation is 1. The lowest BCUT2D eigenvalue weighted by Crippen LogP contribution is -2.13. The lowest BCUT2D eigenvalue weighted by Gasteiger charge is -2.11. The van der Waals surface area contributed by atoms with Crippen molar-refractivity contribution in [3.63, 3.8) is 0 Å². The summed E-state index contributed by atoms with van der Waals surface area (Å²) in [6.07, 6.45) is 1.11. The van der Waals surface area contributed by atoms with Gasteiger partial charge in [0.25, 0.3) is 0 Å². The molecule has 2 rings (SSSR count). The van der Waals surface area contributed by atoms with Crippen molar-refractivity contribution in [1.82, 2.24) is 5.32 Å². The standard InChI is InChI=1S/C12H16FN/c1-8-3-10(6-11(13)4-8)12-5-9(2)7-14-12/h3-4,6,9,12,14H,5,7H2,1-2H3/t9-,12+/m1/s1. The van der Waals surface area contributed by atoms with Crippen LogP contribution in [0.15, 0.2) is 18.2 Å².